The zero-order valence-corrected chi connectivity index (χ0v) is 8.51. The lowest BCUT2D eigenvalue weighted by Crippen LogP contribution is -2.08. The number of ketones is 1. The van der Waals surface area contributed by atoms with Crippen molar-refractivity contribution in [2.45, 2.75) is 13.8 Å². The Kier molecular flexibility index (Phi) is 3.03. The summed E-state index contributed by atoms with van der Waals surface area (Å²) in [7, 11) is 1.22. The first kappa shape index (κ1) is 11.2. The van der Waals surface area contributed by atoms with E-state index in [-0.39, 0.29) is 11.6 Å². The molecule has 1 heterocycles. The molecule has 0 saturated carbocycles. The molecule has 0 spiro atoms. The molecular weight excluding hydrogens is 204 g/mol. The van der Waals surface area contributed by atoms with E-state index in [2.05, 4.69) is 14.4 Å². The summed E-state index contributed by atoms with van der Waals surface area (Å²) in [5.74, 6) is -1.53. The second-order valence-electron chi connectivity index (χ2n) is 3.15. The van der Waals surface area contributed by atoms with Gasteiger partial charge in [-0.1, -0.05) is 13.8 Å². The van der Waals surface area contributed by atoms with E-state index in [0.717, 1.165) is 0 Å². The Bertz CT molecular complexity index is 396. The van der Waals surface area contributed by atoms with Crippen LogP contribution in [0.5, 0.6) is 5.88 Å². The Morgan fingerprint density at radius 3 is 2.60 bits per heavy atom. The number of nitro groups is 1. The number of nitrogens with zero attached hydrogens (tertiary/aromatic N) is 2. The number of Topliss-reactive ketones (excluding diaryl/α,β-unsaturated/α-hetero) is 1. The van der Waals surface area contributed by atoms with Crippen molar-refractivity contribution in [3.8, 4) is 5.88 Å². The lowest BCUT2D eigenvalue weighted by Gasteiger charge is -1.97. The van der Waals surface area contributed by atoms with Crippen LogP contribution in [0.1, 0.15) is 24.4 Å². The SMILES string of the molecule is COc1noc(C(=O)C(C)C)c1[N+](=O)[O-]. The summed E-state index contributed by atoms with van der Waals surface area (Å²) in [5.41, 5.74) is -0.517. The van der Waals surface area contributed by atoms with Gasteiger partial charge in [0, 0.05) is 5.92 Å². The topological polar surface area (TPSA) is 95.5 Å². The first-order valence-corrected chi connectivity index (χ1v) is 4.21. The fourth-order valence-electron chi connectivity index (χ4n) is 0.990. The van der Waals surface area contributed by atoms with Gasteiger partial charge in [0.1, 0.15) is 0 Å². The molecule has 15 heavy (non-hydrogen) atoms. The maximum Gasteiger partial charge on any atom is 0.382 e. The molecule has 1 aromatic heterocycles. The zero-order valence-electron chi connectivity index (χ0n) is 8.51. The first-order chi connectivity index (χ1) is 6.99. The third kappa shape index (κ3) is 1.95. The summed E-state index contributed by atoms with van der Waals surface area (Å²) in [6.07, 6.45) is 0. The van der Waals surface area contributed by atoms with Gasteiger partial charge in [-0.15, -0.1) is 0 Å². The minimum atomic E-state index is -0.745. The quantitative estimate of drug-likeness (QED) is 0.427. The van der Waals surface area contributed by atoms with Crippen LogP contribution in [0.4, 0.5) is 5.69 Å². The number of hydrogen-bond acceptors (Lipinski definition) is 6. The number of aromatic nitrogens is 1. The molecule has 0 aliphatic rings. The molecular formula is C8H10N2O5. The predicted molar refractivity (Wildman–Crippen MR) is 48.9 cm³/mol. The molecule has 0 aliphatic heterocycles. The van der Waals surface area contributed by atoms with Crippen LogP contribution in [-0.2, 0) is 0 Å². The smallest absolute Gasteiger partial charge is 0.382 e. The largest absolute Gasteiger partial charge is 0.474 e. The maximum atomic E-state index is 11.5. The van der Waals surface area contributed by atoms with Crippen LogP contribution in [0.15, 0.2) is 4.52 Å². The van der Waals surface area contributed by atoms with E-state index in [1.165, 1.54) is 7.11 Å². The zero-order chi connectivity index (χ0) is 11.6. The van der Waals surface area contributed by atoms with Gasteiger partial charge in [-0.3, -0.25) is 14.9 Å². The molecule has 7 nitrogen and oxygen atoms in total. The van der Waals surface area contributed by atoms with E-state index in [1.54, 1.807) is 13.8 Å². The summed E-state index contributed by atoms with van der Waals surface area (Å²) >= 11 is 0. The van der Waals surface area contributed by atoms with Crippen LogP contribution in [-0.4, -0.2) is 23.0 Å². The summed E-state index contributed by atoms with van der Waals surface area (Å²) in [5, 5.41) is 14.0. The summed E-state index contributed by atoms with van der Waals surface area (Å²) in [6, 6.07) is 0. The molecule has 0 fully saturated rings. The molecule has 0 aromatic carbocycles. The average Bonchev–Trinajstić information content (AvgIpc) is 2.59. The highest BCUT2D eigenvalue weighted by atomic mass is 16.6. The van der Waals surface area contributed by atoms with E-state index in [9.17, 15) is 14.9 Å². The van der Waals surface area contributed by atoms with E-state index in [4.69, 9.17) is 0 Å². The minimum absolute atomic E-state index is 0.288. The highest BCUT2D eigenvalue weighted by Gasteiger charge is 2.33. The second kappa shape index (κ2) is 4.07. The Hall–Kier alpha value is -1.92. The maximum absolute atomic E-state index is 11.5. The minimum Gasteiger partial charge on any atom is -0.474 e. The Morgan fingerprint density at radius 1 is 1.60 bits per heavy atom. The highest BCUT2D eigenvalue weighted by Crippen LogP contribution is 2.31. The van der Waals surface area contributed by atoms with Crippen LogP contribution in [0.3, 0.4) is 0 Å². The standard InChI is InChI=1S/C8H10N2O5/c1-4(2)6(11)7-5(10(12)13)8(14-3)9-15-7/h4H,1-3H3. The predicted octanol–water partition coefficient (Wildman–Crippen LogP) is 1.43. The summed E-state index contributed by atoms with van der Waals surface area (Å²) in [4.78, 5) is 21.4. The van der Waals surface area contributed by atoms with Gasteiger partial charge in [-0.25, -0.2) is 0 Å². The van der Waals surface area contributed by atoms with Crippen molar-refractivity contribution in [3.63, 3.8) is 0 Å². The van der Waals surface area contributed by atoms with Gasteiger partial charge in [0.2, 0.25) is 5.78 Å². The lowest BCUT2D eigenvalue weighted by molar-refractivity contribution is -0.386. The Morgan fingerprint density at radius 2 is 2.20 bits per heavy atom. The van der Waals surface area contributed by atoms with Crippen molar-refractivity contribution >= 4 is 11.5 Å². The number of carbonyl (C=O) groups excluding carboxylic acids is 1. The molecule has 0 unspecified atom stereocenters. The molecule has 0 bridgehead atoms. The van der Waals surface area contributed by atoms with Crippen molar-refractivity contribution in [2.75, 3.05) is 7.11 Å². The van der Waals surface area contributed by atoms with Crippen LogP contribution in [0, 0.1) is 16.0 Å². The van der Waals surface area contributed by atoms with Gasteiger partial charge in [0.05, 0.1) is 12.0 Å². The van der Waals surface area contributed by atoms with Crippen LogP contribution >= 0.6 is 0 Å². The highest BCUT2D eigenvalue weighted by molar-refractivity contribution is 5.98. The number of methoxy groups -OCH3 is 1. The molecule has 0 atom stereocenters. The Labute approximate surface area is 85.1 Å². The number of ether oxygens (including phenoxy) is 1. The molecule has 82 valence electrons. The van der Waals surface area contributed by atoms with Crippen LogP contribution in [0.2, 0.25) is 0 Å². The monoisotopic (exact) mass is 214 g/mol. The van der Waals surface area contributed by atoms with Crippen LogP contribution in [0.25, 0.3) is 0 Å². The van der Waals surface area contributed by atoms with Crippen molar-refractivity contribution in [2.24, 2.45) is 5.92 Å². The number of rotatable bonds is 4. The van der Waals surface area contributed by atoms with Gasteiger partial charge in [-0.2, -0.15) is 0 Å². The fourth-order valence-corrected chi connectivity index (χ4v) is 0.990. The van der Waals surface area contributed by atoms with Crippen molar-refractivity contribution in [1.82, 2.24) is 5.16 Å². The van der Waals surface area contributed by atoms with Gasteiger partial charge in [0.25, 0.3) is 5.76 Å². The third-order valence-electron chi connectivity index (χ3n) is 1.76. The normalized spacial score (nSPS) is 10.4. The van der Waals surface area contributed by atoms with Gasteiger partial charge < -0.3 is 9.26 Å². The fraction of sp³-hybridized carbons (Fsp3) is 0.500. The van der Waals surface area contributed by atoms with Crippen molar-refractivity contribution < 1.29 is 19.0 Å². The second-order valence-corrected chi connectivity index (χ2v) is 3.15. The molecule has 0 N–H and O–H groups in total. The first-order valence-electron chi connectivity index (χ1n) is 4.21. The molecule has 1 aromatic rings. The number of hydrogen-bond donors (Lipinski definition) is 0. The molecule has 0 amide bonds. The summed E-state index contributed by atoms with van der Waals surface area (Å²) in [6.45, 7) is 3.22. The lowest BCUT2D eigenvalue weighted by atomic mass is 10.1. The van der Waals surface area contributed by atoms with E-state index in [1.807, 2.05) is 0 Å². The van der Waals surface area contributed by atoms with Gasteiger partial charge >= 0.3 is 11.6 Å². The van der Waals surface area contributed by atoms with Gasteiger partial charge in [-0.05, 0) is 5.16 Å². The molecule has 0 radical (unpaired) electrons. The van der Waals surface area contributed by atoms with E-state index < -0.39 is 22.3 Å². The number of carbonyl (C=O) groups is 1. The molecule has 1 rings (SSSR count). The molecule has 7 heteroatoms. The van der Waals surface area contributed by atoms with Crippen molar-refractivity contribution in [1.29, 1.82) is 0 Å². The Balaban J connectivity index is 3.25. The summed E-state index contributed by atoms with van der Waals surface area (Å²) < 4.78 is 9.22. The average molecular weight is 214 g/mol. The molecule has 0 aliphatic carbocycles. The van der Waals surface area contributed by atoms with E-state index in [0.29, 0.717) is 0 Å². The van der Waals surface area contributed by atoms with Crippen LogP contribution < -0.4 is 4.74 Å². The van der Waals surface area contributed by atoms with Gasteiger partial charge in [0.15, 0.2) is 0 Å². The van der Waals surface area contributed by atoms with Crippen molar-refractivity contribution in [3.05, 3.63) is 15.9 Å². The van der Waals surface area contributed by atoms with E-state index >= 15 is 0 Å². The third-order valence-corrected chi connectivity index (χ3v) is 1.76. The molecule has 0 saturated heterocycles.